The molecule has 8 aromatic rings. The van der Waals surface area contributed by atoms with Gasteiger partial charge in [0.1, 0.15) is 0 Å². The number of benzene rings is 4. The molecule has 4 aromatic heterocycles. The van der Waals surface area contributed by atoms with Crippen molar-refractivity contribution in [3.63, 3.8) is 0 Å². The largest absolute Gasteiger partial charge is 0.254 e. The van der Waals surface area contributed by atoms with Crippen molar-refractivity contribution in [3.8, 4) is 79.1 Å². The highest BCUT2D eigenvalue weighted by molar-refractivity contribution is 5.77. The molecule has 5 heteroatoms. The van der Waals surface area contributed by atoms with E-state index in [9.17, 15) is 0 Å². The lowest BCUT2D eigenvalue weighted by molar-refractivity contribution is 1.17. The second-order valence-electron chi connectivity index (χ2n) is 11.4. The van der Waals surface area contributed by atoms with Crippen LogP contribution in [0, 0.1) is 0 Å². The second-order valence-corrected chi connectivity index (χ2v) is 11.4. The summed E-state index contributed by atoms with van der Waals surface area (Å²) in [6.45, 7) is 0. The van der Waals surface area contributed by atoms with Crippen molar-refractivity contribution in [2.45, 2.75) is 0 Å². The van der Waals surface area contributed by atoms with Gasteiger partial charge in [0.25, 0.3) is 0 Å². The van der Waals surface area contributed by atoms with Crippen LogP contribution < -0.4 is 0 Å². The molecule has 0 atom stereocenters. The maximum Gasteiger partial charge on any atom is 0.160 e. The number of hydrogen-bond acceptors (Lipinski definition) is 5. The van der Waals surface area contributed by atoms with Crippen LogP contribution in [0.4, 0.5) is 0 Å². The van der Waals surface area contributed by atoms with E-state index in [-0.39, 0.29) is 0 Å². The van der Waals surface area contributed by atoms with Gasteiger partial charge in [0, 0.05) is 28.5 Å². The molecule has 48 heavy (non-hydrogen) atoms. The van der Waals surface area contributed by atoms with Gasteiger partial charge in [0.2, 0.25) is 0 Å². The predicted molar refractivity (Wildman–Crippen MR) is 193 cm³/mol. The Labute approximate surface area is 279 Å². The quantitative estimate of drug-likeness (QED) is 0.178. The van der Waals surface area contributed by atoms with Crippen molar-refractivity contribution >= 4 is 0 Å². The van der Waals surface area contributed by atoms with Crippen LogP contribution in [0.1, 0.15) is 0 Å². The summed E-state index contributed by atoms with van der Waals surface area (Å²) in [6.07, 6.45) is 1.87. The monoisotopic (exact) mass is 615 g/mol. The first kappa shape index (κ1) is 28.9. The second kappa shape index (κ2) is 13.0. The summed E-state index contributed by atoms with van der Waals surface area (Å²) in [4.78, 5) is 24.9. The molecule has 0 unspecified atom stereocenters. The van der Waals surface area contributed by atoms with Gasteiger partial charge in [-0.25, -0.2) is 19.9 Å². The molecule has 0 saturated carbocycles. The first-order valence-corrected chi connectivity index (χ1v) is 15.8. The molecule has 5 nitrogen and oxygen atoms in total. The van der Waals surface area contributed by atoms with Crippen molar-refractivity contribution in [2.24, 2.45) is 0 Å². The summed E-state index contributed by atoms with van der Waals surface area (Å²) in [5, 5.41) is 0. The van der Waals surface area contributed by atoms with Gasteiger partial charge >= 0.3 is 0 Å². The van der Waals surface area contributed by atoms with Crippen LogP contribution in [0.3, 0.4) is 0 Å². The Balaban J connectivity index is 1.20. The van der Waals surface area contributed by atoms with Gasteiger partial charge in [-0.05, 0) is 53.6 Å². The van der Waals surface area contributed by atoms with E-state index in [2.05, 4.69) is 54.6 Å². The van der Waals surface area contributed by atoms with Crippen LogP contribution in [-0.4, -0.2) is 24.9 Å². The number of nitrogens with zero attached hydrogens (tertiary/aromatic N) is 5. The number of rotatable bonds is 7. The lowest BCUT2D eigenvalue weighted by Gasteiger charge is -2.11. The van der Waals surface area contributed by atoms with E-state index < -0.39 is 0 Å². The number of aromatic nitrogens is 5. The molecule has 0 bridgehead atoms. The van der Waals surface area contributed by atoms with E-state index in [4.69, 9.17) is 24.9 Å². The fourth-order valence-corrected chi connectivity index (χ4v) is 5.70. The first-order chi connectivity index (χ1) is 23.8. The molecule has 4 heterocycles. The van der Waals surface area contributed by atoms with Gasteiger partial charge in [-0.1, -0.05) is 127 Å². The Hall–Kier alpha value is -6.59. The predicted octanol–water partition coefficient (Wildman–Crippen LogP) is 10.3. The average molecular weight is 616 g/mol. The molecular weight excluding hydrogens is 587 g/mol. The Morgan fingerprint density at radius 1 is 0.250 bits per heavy atom. The van der Waals surface area contributed by atoms with Crippen molar-refractivity contribution in [3.05, 3.63) is 176 Å². The van der Waals surface area contributed by atoms with Crippen LogP contribution in [0.2, 0.25) is 0 Å². The maximum atomic E-state index is 5.09. The molecule has 0 aliphatic rings. The average Bonchev–Trinajstić information content (AvgIpc) is 3.19. The Kier molecular flexibility index (Phi) is 7.83. The van der Waals surface area contributed by atoms with Crippen LogP contribution in [0.5, 0.6) is 0 Å². The van der Waals surface area contributed by atoms with Gasteiger partial charge in [-0.15, -0.1) is 0 Å². The number of hydrogen-bond donors (Lipinski definition) is 0. The standard InChI is InChI=1S/C43H29N5/c1-5-14-30(15-6-1)35-26-41(46-42(27-35)38-23-13-22-36(45-38)31-16-7-2-8-17-31)37-25-24-34(29-44-37)40-28-39(32-18-9-3-10-19-32)47-43(48-40)33-20-11-4-12-21-33/h1-29H. The molecule has 0 saturated heterocycles. The fourth-order valence-electron chi connectivity index (χ4n) is 5.70. The fraction of sp³-hybridized carbons (Fsp3) is 0. The molecule has 8 rings (SSSR count). The lowest BCUT2D eigenvalue weighted by Crippen LogP contribution is -1.97. The summed E-state index contributed by atoms with van der Waals surface area (Å²) in [5.74, 6) is 0.670. The van der Waals surface area contributed by atoms with Crippen LogP contribution in [-0.2, 0) is 0 Å². The first-order valence-electron chi connectivity index (χ1n) is 15.8. The summed E-state index contributed by atoms with van der Waals surface area (Å²) < 4.78 is 0. The smallest absolute Gasteiger partial charge is 0.160 e. The highest BCUT2D eigenvalue weighted by atomic mass is 14.9. The third-order valence-corrected chi connectivity index (χ3v) is 8.16. The van der Waals surface area contributed by atoms with Gasteiger partial charge in [-0.3, -0.25) is 4.98 Å². The molecule has 226 valence electrons. The molecular formula is C43H29N5. The third-order valence-electron chi connectivity index (χ3n) is 8.16. The zero-order chi connectivity index (χ0) is 32.1. The topological polar surface area (TPSA) is 64.5 Å². The van der Waals surface area contributed by atoms with Crippen molar-refractivity contribution < 1.29 is 0 Å². The van der Waals surface area contributed by atoms with Crippen LogP contribution >= 0.6 is 0 Å². The van der Waals surface area contributed by atoms with E-state index in [0.717, 1.165) is 73.2 Å². The molecule has 0 fully saturated rings. The van der Waals surface area contributed by atoms with Crippen LogP contribution in [0.25, 0.3) is 79.1 Å². The molecule has 0 amide bonds. The van der Waals surface area contributed by atoms with E-state index >= 15 is 0 Å². The SMILES string of the molecule is c1ccc(-c2cc(-c3ccc(-c4cc(-c5ccccc5)nc(-c5ccccc5)n4)cn3)nc(-c3cccc(-c4ccccc4)n3)c2)cc1. The molecule has 4 aromatic carbocycles. The Morgan fingerprint density at radius 3 is 1.35 bits per heavy atom. The van der Waals surface area contributed by atoms with Gasteiger partial charge in [0.05, 0.1) is 39.9 Å². The summed E-state index contributed by atoms with van der Waals surface area (Å²) in [6, 6.07) is 57.1. The minimum absolute atomic E-state index is 0.670. The zero-order valence-electron chi connectivity index (χ0n) is 26.0. The number of pyridine rings is 3. The summed E-state index contributed by atoms with van der Waals surface area (Å²) in [5.41, 5.74) is 11.8. The Morgan fingerprint density at radius 2 is 0.750 bits per heavy atom. The molecule has 0 aliphatic carbocycles. The van der Waals surface area contributed by atoms with Gasteiger partial charge in [-0.2, -0.15) is 0 Å². The van der Waals surface area contributed by atoms with E-state index in [0.29, 0.717) is 5.82 Å². The van der Waals surface area contributed by atoms with Crippen molar-refractivity contribution in [2.75, 3.05) is 0 Å². The minimum Gasteiger partial charge on any atom is -0.254 e. The maximum absolute atomic E-state index is 5.09. The molecule has 0 spiro atoms. The molecule has 0 N–H and O–H groups in total. The van der Waals surface area contributed by atoms with E-state index in [1.165, 1.54) is 0 Å². The van der Waals surface area contributed by atoms with Crippen LogP contribution in [0.15, 0.2) is 176 Å². The van der Waals surface area contributed by atoms with Gasteiger partial charge < -0.3 is 0 Å². The molecule has 0 radical (unpaired) electrons. The Bertz CT molecular complexity index is 2250. The highest BCUT2D eigenvalue weighted by Gasteiger charge is 2.14. The third kappa shape index (κ3) is 6.13. The van der Waals surface area contributed by atoms with E-state index in [1.807, 2.05) is 121 Å². The lowest BCUT2D eigenvalue weighted by atomic mass is 10.0. The van der Waals surface area contributed by atoms with Crippen molar-refractivity contribution in [1.82, 2.24) is 24.9 Å². The summed E-state index contributed by atoms with van der Waals surface area (Å²) in [7, 11) is 0. The highest BCUT2D eigenvalue weighted by Crippen LogP contribution is 2.32. The zero-order valence-corrected chi connectivity index (χ0v) is 26.0. The van der Waals surface area contributed by atoms with E-state index in [1.54, 1.807) is 0 Å². The summed E-state index contributed by atoms with van der Waals surface area (Å²) >= 11 is 0. The van der Waals surface area contributed by atoms with Crippen molar-refractivity contribution in [1.29, 1.82) is 0 Å². The normalized spacial score (nSPS) is 10.9. The molecule has 0 aliphatic heterocycles. The van der Waals surface area contributed by atoms with Gasteiger partial charge in [0.15, 0.2) is 5.82 Å². The minimum atomic E-state index is 0.670.